The molecule has 0 N–H and O–H groups in total. The second kappa shape index (κ2) is 13.6. The third-order valence-electron chi connectivity index (χ3n) is 5.79. The first-order chi connectivity index (χ1) is 17.3. The van der Waals surface area contributed by atoms with Gasteiger partial charge >= 0.3 is 11.9 Å². The molecule has 0 fully saturated rings. The first kappa shape index (κ1) is 27.1. The van der Waals surface area contributed by atoms with Crippen molar-refractivity contribution < 1.29 is 19.1 Å². The van der Waals surface area contributed by atoms with E-state index >= 15 is 0 Å². The smallest absolute Gasteiger partial charge is 0.338 e. The van der Waals surface area contributed by atoms with Gasteiger partial charge in [-0.25, -0.2) is 9.59 Å². The highest BCUT2D eigenvalue weighted by atomic mass is 16.5. The molecule has 36 heavy (non-hydrogen) atoms. The molecule has 0 bridgehead atoms. The maximum atomic E-state index is 12.5. The number of ether oxygens (including phenoxy) is 2. The van der Waals surface area contributed by atoms with Crippen LogP contribution in [-0.4, -0.2) is 63.1 Å². The van der Waals surface area contributed by atoms with Gasteiger partial charge in [0.25, 0.3) is 0 Å². The van der Waals surface area contributed by atoms with Crippen LogP contribution in [-0.2, 0) is 35.4 Å². The summed E-state index contributed by atoms with van der Waals surface area (Å²) in [7, 11) is 8.14. The summed E-state index contributed by atoms with van der Waals surface area (Å²) in [4.78, 5) is 29.2. The molecule has 0 amide bonds. The highest BCUT2D eigenvalue weighted by Crippen LogP contribution is 2.24. The molecule has 0 saturated heterocycles. The maximum Gasteiger partial charge on any atom is 0.338 e. The summed E-state index contributed by atoms with van der Waals surface area (Å²) < 4.78 is 11.2. The molecule has 0 radical (unpaired) electrons. The first-order valence-electron chi connectivity index (χ1n) is 12.2. The van der Waals surface area contributed by atoms with Crippen molar-refractivity contribution in [2.24, 2.45) is 0 Å². The van der Waals surface area contributed by atoms with Crippen molar-refractivity contribution in [2.45, 2.75) is 25.9 Å². The molecule has 0 aliphatic rings. The second-order valence-corrected chi connectivity index (χ2v) is 9.32. The van der Waals surface area contributed by atoms with E-state index in [1.165, 1.54) is 11.1 Å². The van der Waals surface area contributed by atoms with E-state index in [4.69, 9.17) is 9.47 Å². The van der Waals surface area contributed by atoms with E-state index in [0.717, 1.165) is 24.2 Å². The van der Waals surface area contributed by atoms with Crippen LogP contribution < -0.4 is 0 Å². The van der Waals surface area contributed by atoms with Gasteiger partial charge in [0.2, 0.25) is 0 Å². The highest BCUT2D eigenvalue weighted by Gasteiger charge is 2.17. The lowest BCUT2D eigenvalue weighted by atomic mass is 9.91. The Bertz CT molecular complexity index is 1040. The number of nitrogens with zero attached hydrogens (tertiary/aromatic N) is 2. The van der Waals surface area contributed by atoms with Crippen LogP contribution in [0, 0.1) is 0 Å². The van der Waals surface area contributed by atoms with Gasteiger partial charge in [-0.1, -0.05) is 48.5 Å². The van der Waals surface area contributed by atoms with Crippen molar-refractivity contribution in [1.82, 2.24) is 9.80 Å². The Kier molecular flexibility index (Phi) is 10.2. The molecule has 0 aromatic heterocycles. The Hall–Kier alpha value is -3.48. The SMILES string of the molecule is CN(C)Cc1ccc(CN(C)C)c(CCOC(=O)c2ccccc2)c1CCOC(=O)c1ccccc1. The van der Waals surface area contributed by atoms with Crippen molar-refractivity contribution in [1.29, 1.82) is 0 Å². The van der Waals surface area contributed by atoms with E-state index in [2.05, 4.69) is 21.9 Å². The second-order valence-electron chi connectivity index (χ2n) is 9.32. The van der Waals surface area contributed by atoms with E-state index < -0.39 is 0 Å². The van der Waals surface area contributed by atoms with Crippen molar-refractivity contribution in [3.8, 4) is 0 Å². The Morgan fingerprint density at radius 3 is 1.28 bits per heavy atom. The van der Waals surface area contributed by atoms with Crippen molar-refractivity contribution in [3.63, 3.8) is 0 Å². The lowest BCUT2D eigenvalue weighted by molar-refractivity contribution is 0.0494. The molecule has 0 heterocycles. The molecule has 3 rings (SSSR count). The Balaban J connectivity index is 1.80. The Morgan fingerprint density at radius 1 is 0.583 bits per heavy atom. The third-order valence-corrected chi connectivity index (χ3v) is 5.79. The quantitative estimate of drug-likeness (QED) is 0.347. The predicted molar refractivity (Wildman–Crippen MR) is 142 cm³/mol. The van der Waals surface area contributed by atoms with Gasteiger partial charge in [-0.15, -0.1) is 0 Å². The molecule has 0 unspecified atom stereocenters. The van der Waals surface area contributed by atoms with Crippen LogP contribution >= 0.6 is 0 Å². The maximum absolute atomic E-state index is 12.5. The lowest BCUT2D eigenvalue weighted by Crippen LogP contribution is -2.20. The summed E-state index contributed by atoms with van der Waals surface area (Å²) in [5, 5.41) is 0. The zero-order chi connectivity index (χ0) is 25.9. The third kappa shape index (κ3) is 8.04. The van der Waals surface area contributed by atoms with Crippen LogP contribution in [0.4, 0.5) is 0 Å². The molecular weight excluding hydrogens is 452 g/mol. The van der Waals surface area contributed by atoms with E-state index in [-0.39, 0.29) is 25.2 Å². The molecule has 0 aliphatic carbocycles. The molecule has 0 aliphatic heterocycles. The fourth-order valence-electron chi connectivity index (χ4n) is 4.20. The Labute approximate surface area is 214 Å². The summed E-state index contributed by atoms with van der Waals surface area (Å²) in [6.45, 7) is 2.08. The van der Waals surface area contributed by atoms with Crippen LogP contribution in [0.15, 0.2) is 72.8 Å². The molecule has 0 saturated carbocycles. The normalized spacial score (nSPS) is 11.1. The van der Waals surface area contributed by atoms with Crippen LogP contribution in [0.1, 0.15) is 43.0 Å². The van der Waals surface area contributed by atoms with E-state index in [1.54, 1.807) is 24.3 Å². The lowest BCUT2D eigenvalue weighted by Gasteiger charge is -2.23. The predicted octanol–water partition coefficient (Wildman–Crippen LogP) is 4.61. The summed E-state index contributed by atoms with van der Waals surface area (Å²) in [5.74, 6) is -0.653. The number of carbonyl (C=O) groups is 2. The average molecular weight is 489 g/mol. The standard InChI is InChI=1S/C30H36N2O4/c1-31(2)21-25-15-16-26(22-32(3)4)28(18-20-36-30(34)24-13-9-6-10-14-24)27(25)17-19-35-29(33)23-11-7-5-8-12-23/h5-16H,17-22H2,1-4H3. The fourth-order valence-corrected chi connectivity index (χ4v) is 4.20. The molecule has 6 nitrogen and oxygen atoms in total. The summed E-state index contributed by atoms with van der Waals surface area (Å²) in [6, 6.07) is 22.4. The van der Waals surface area contributed by atoms with E-state index in [9.17, 15) is 9.59 Å². The van der Waals surface area contributed by atoms with Gasteiger partial charge in [0, 0.05) is 25.9 Å². The zero-order valence-corrected chi connectivity index (χ0v) is 21.7. The van der Waals surface area contributed by atoms with Gasteiger partial charge in [-0.05, 0) is 74.7 Å². The number of benzene rings is 3. The van der Waals surface area contributed by atoms with Gasteiger partial charge in [0.05, 0.1) is 24.3 Å². The monoisotopic (exact) mass is 488 g/mol. The molecular formula is C30H36N2O4. The van der Waals surface area contributed by atoms with E-state index in [1.807, 2.05) is 64.6 Å². The fraction of sp³-hybridized carbons (Fsp3) is 0.333. The zero-order valence-electron chi connectivity index (χ0n) is 21.7. The van der Waals surface area contributed by atoms with Crippen molar-refractivity contribution in [2.75, 3.05) is 41.4 Å². The van der Waals surface area contributed by atoms with Crippen LogP contribution in [0.5, 0.6) is 0 Å². The van der Waals surface area contributed by atoms with Gasteiger partial charge in [0.15, 0.2) is 0 Å². The number of esters is 2. The number of carbonyl (C=O) groups excluding carboxylic acids is 2. The molecule has 190 valence electrons. The molecule has 3 aromatic rings. The van der Waals surface area contributed by atoms with E-state index in [0.29, 0.717) is 24.0 Å². The average Bonchev–Trinajstić information content (AvgIpc) is 2.87. The molecule has 0 spiro atoms. The largest absolute Gasteiger partial charge is 0.462 e. The van der Waals surface area contributed by atoms with Crippen molar-refractivity contribution >= 4 is 11.9 Å². The molecule has 6 heteroatoms. The minimum absolute atomic E-state index is 0.274. The minimum Gasteiger partial charge on any atom is -0.462 e. The highest BCUT2D eigenvalue weighted by molar-refractivity contribution is 5.89. The Morgan fingerprint density at radius 2 is 0.944 bits per heavy atom. The minimum atomic E-state index is -0.326. The van der Waals surface area contributed by atoms with Crippen LogP contribution in [0.25, 0.3) is 0 Å². The van der Waals surface area contributed by atoms with Gasteiger partial charge in [-0.3, -0.25) is 0 Å². The topological polar surface area (TPSA) is 59.1 Å². The van der Waals surface area contributed by atoms with Gasteiger partial charge < -0.3 is 19.3 Å². The van der Waals surface area contributed by atoms with Crippen LogP contribution in [0.3, 0.4) is 0 Å². The summed E-state index contributed by atoms with van der Waals surface area (Å²) >= 11 is 0. The summed E-state index contributed by atoms with van der Waals surface area (Å²) in [5.41, 5.74) is 5.76. The van der Waals surface area contributed by atoms with Gasteiger partial charge in [-0.2, -0.15) is 0 Å². The summed E-state index contributed by atoms with van der Waals surface area (Å²) in [6.07, 6.45) is 1.18. The van der Waals surface area contributed by atoms with Crippen LogP contribution in [0.2, 0.25) is 0 Å². The number of rotatable bonds is 12. The number of hydrogen-bond acceptors (Lipinski definition) is 6. The van der Waals surface area contributed by atoms with Gasteiger partial charge in [0.1, 0.15) is 0 Å². The van der Waals surface area contributed by atoms with Crippen molar-refractivity contribution in [3.05, 3.63) is 106 Å². The molecule has 3 aromatic carbocycles. The first-order valence-corrected chi connectivity index (χ1v) is 12.2. The molecule has 0 atom stereocenters. The number of hydrogen-bond donors (Lipinski definition) is 0.